The van der Waals surface area contributed by atoms with Crippen molar-refractivity contribution in [2.24, 2.45) is 0 Å². The van der Waals surface area contributed by atoms with Gasteiger partial charge in [0.05, 0.1) is 0 Å². The molecule has 1 aromatic rings. The summed E-state index contributed by atoms with van der Waals surface area (Å²) in [6, 6.07) is 0.460. The minimum absolute atomic E-state index is 0.00750. The van der Waals surface area contributed by atoms with E-state index in [2.05, 4.69) is 15.0 Å². The van der Waals surface area contributed by atoms with E-state index in [0.717, 1.165) is 26.1 Å². The molecule has 0 spiro atoms. The lowest BCUT2D eigenvalue weighted by Gasteiger charge is -2.43. The normalized spacial score (nSPS) is 22.9. The van der Waals surface area contributed by atoms with Gasteiger partial charge < -0.3 is 15.0 Å². The molecule has 0 bridgehead atoms. The maximum Gasteiger partial charge on any atom is 0.490 e. The molecule has 21 heavy (non-hydrogen) atoms. The Labute approximate surface area is 121 Å². The Bertz CT molecular complexity index is 545. The van der Waals surface area contributed by atoms with E-state index in [1.165, 1.54) is 23.9 Å². The maximum atomic E-state index is 12.3. The summed E-state index contributed by atoms with van der Waals surface area (Å²) >= 11 is 0. The highest BCUT2D eigenvalue weighted by atomic mass is 16.6. The SMILES string of the molecule is O=C(Cn1cnc([N+](=O)[O-])n1)N1CCN2CCCCC2C1. The van der Waals surface area contributed by atoms with Gasteiger partial charge in [-0.25, -0.2) is 0 Å². The fourth-order valence-electron chi connectivity index (χ4n) is 3.07. The number of piperidine rings is 1. The van der Waals surface area contributed by atoms with E-state index in [1.807, 2.05) is 4.90 Å². The van der Waals surface area contributed by atoms with Crippen molar-refractivity contribution in [3.8, 4) is 0 Å². The molecule has 114 valence electrons. The van der Waals surface area contributed by atoms with Crippen LogP contribution in [0.5, 0.6) is 0 Å². The summed E-state index contributed by atoms with van der Waals surface area (Å²) < 4.78 is 1.23. The first-order chi connectivity index (χ1) is 10.1. The van der Waals surface area contributed by atoms with Crippen molar-refractivity contribution in [2.45, 2.75) is 31.8 Å². The first-order valence-corrected chi connectivity index (χ1v) is 7.19. The average Bonchev–Trinajstić information content (AvgIpc) is 2.95. The van der Waals surface area contributed by atoms with E-state index in [9.17, 15) is 14.9 Å². The van der Waals surface area contributed by atoms with Crippen LogP contribution in [-0.2, 0) is 11.3 Å². The van der Waals surface area contributed by atoms with Gasteiger partial charge in [0.1, 0.15) is 6.54 Å². The van der Waals surface area contributed by atoms with Gasteiger partial charge in [0.2, 0.25) is 12.2 Å². The zero-order chi connectivity index (χ0) is 14.8. The minimum Gasteiger partial charge on any atom is -0.390 e. The van der Waals surface area contributed by atoms with Crippen LogP contribution < -0.4 is 0 Å². The summed E-state index contributed by atoms with van der Waals surface area (Å²) in [5.74, 6) is -0.528. The van der Waals surface area contributed by atoms with Crippen molar-refractivity contribution >= 4 is 11.9 Å². The van der Waals surface area contributed by atoms with E-state index >= 15 is 0 Å². The summed E-state index contributed by atoms with van der Waals surface area (Å²) in [7, 11) is 0. The third-order valence-electron chi connectivity index (χ3n) is 4.17. The second kappa shape index (κ2) is 5.76. The highest BCUT2D eigenvalue weighted by molar-refractivity contribution is 5.76. The number of piperazine rings is 1. The number of carbonyl (C=O) groups is 1. The number of nitrogens with zero attached hydrogens (tertiary/aromatic N) is 6. The molecule has 3 heterocycles. The first-order valence-electron chi connectivity index (χ1n) is 7.19. The van der Waals surface area contributed by atoms with E-state index in [1.54, 1.807) is 0 Å². The van der Waals surface area contributed by atoms with Crippen LogP contribution in [0.15, 0.2) is 6.33 Å². The van der Waals surface area contributed by atoms with Crippen LogP contribution in [0.25, 0.3) is 0 Å². The summed E-state index contributed by atoms with van der Waals surface area (Å²) in [4.78, 5) is 30.0. The number of aromatic nitrogens is 3. The molecule has 9 heteroatoms. The van der Waals surface area contributed by atoms with Crippen molar-refractivity contribution in [3.05, 3.63) is 16.4 Å². The van der Waals surface area contributed by atoms with Gasteiger partial charge in [0.25, 0.3) is 0 Å². The lowest BCUT2D eigenvalue weighted by Crippen LogP contribution is -2.56. The molecule has 0 radical (unpaired) electrons. The van der Waals surface area contributed by atoms with Gasteiger partial charge in [-0.1, -0.05) is 11.4 Å². The average molecular weight is 294 g/mol. The molecule has 3 rings (SSSR count). The molecular weight excluding hydrogens is 276 g/mol. The quantitative estimate of drug-likeness (QED) is 0.569. The number of amides is 1. The Morgan fingerprint density at radius 2 is 2.24 bits per heavy atom. The summed E-state index contributed by atoms with van der Waals surface area (Å²) in [6.45, 7) is 3.51. The van der Waals surface area contributed by atoms with Gasteiger partial charge in [0, 0.05) is 30.8 Å². The largest absolute Gasteiger partial charge is 0.490 e. The van der Waals surface area contributed by atoms with Crippen molar-refractivity contribution < 1.29 is 9.72 Å². The van der Waals surface area contributed by atoms with Crippen molar-refractivity contribution in [1.82, 2.24) is 24.6 Å². The van der Waals surface area contributed by atoms with Crippen molar-refractivity contribution in [1.29, 1.82) is 0 Å². The smallest absolute Gasteiger partial charge is 0.390 e. The van der Waals surface area contributed by atoms with Crippen LogP contribution in [0, 0.1) is 10.1 Å². The second-order valence-corrected chi connectivity index (χ2v) is 5.52. The third kappa shape index (κ3) is 3.02. The molecule has 1 aromatic heterocycles. The molecule has 1 amide bonds. The number of hydrogen-bond acceptors (Lipinski definition) is 6. The molecule has 0 saturated carbocycles. The number of nitro groups is 1. The topological polar surface area (TPSA) is 97.4 Å². The van der Waals surface area contributed by atoms with E-state index in [0.29, 0.717) is 12.6 Å². The molecule has 0 N–H and O–H groups in total. The van der Waals surface area contributed by atoms with Crippen LogP contribution in [0.2, 0.25) is 0 Å². The highest BCUT2D eigenvalue weighted by Gasteiger charge is 2.31. The van der Waals surface area contributed by atoms with E-state index < -0.39 is 10.9 Å². The number of fused-ring (bicyclic) bond motifs is 1. The number of hydrogen-bond donors (Lipinski definition) is 0. The van der Waals surface area contributed by atoms with Crippen molar-refractivity contribution in [2.75, 3.05) is 26.2 Å². The Morgan fingerprint density at radius 1 is 1.38 bits per heavy atom. The van der Waals surface area contributed by atoms with Crippen LogP contribution in [0.3, 0.4) is 0 Å². The Kier molecular flexibility index (Phi) is 3.82. The number of rotatable bonds is 3. The van der Waals surface area contributed by atoms with Crippen molar-refractivity contribution in [3.63, 3.8) is 0 Å². The second-order valence-electron chi connectivity index (χ2n) is 5.52. The molecular formula is C12H18N6O3. The lowest BCUT2D eigenvalue weighted by molar-refractivity contribution is -0.394. The van der Waals surface area contributed by atoms with Crippen LogP contribution in [0.4, 0.5) is 5.95 Å². The summed E-state index contributed by atoms with van der Waals surface area (Å²) in [5, 5.41) is 14.2. The summed E-state index contributed by atoms with van der Waals surface area (Å²) in [5.41, 5.74) is 0. The fourth-order valence-corrected chi connectivity index (χ4v) is 3.07. The van der Waals surface area contributed by atoms with Crippen LogP contribution in [-0.4, -0.2) is 67.6 Å². The van der Waals surface area contributed by atoms with E-state index in [-0.39, 0.29) is 12.5 Å². The van der Waals surface area contributed by atoms with Gasteiger partial charge in [-0.2, -0.15) is 4.68 Å². The zero-order valence-corrected chi connectivity index (χ0v) is 11.7. The maximum absolute atomic E-state index is 12.3. The van der Waals surface area contributed by atoms with Gasteiger partial charge in [-0.3, -0.25) is 9.69 Å². The standard InChI is InChI=1S/C12H18N6O3/c19-11(8-17-9-13-12(14-17)18(20)21)16-6-5-15-4-2-1-3-10(15)7-16/h9-10H,1-8H2. The van der Waals surface area contributed by atoms with Gasteiger partial charge in [-0.05, 0) is 24.3 Å². The number of carbonyl (C=O) groups excluding carboxylic acids is 1. The molecule has 2 saturated heterocycles. The van der Waals surface area contributed by atoms with Crippen LogP contribution in [0.1, 0.15) is 19.3 Å². The monoisotopic (exact) mass is 294 g/mol. The minimum atomic E-state index is -0.665. The highest BCUT2D eigenvalue weighted by Crippen LogP contribution is 2.21. The summed E-state index contributed by atoms with van der Waals surface area (Å²) in [6.07, 6.45) is 4.83. The fraction of sp³-hybridized carbons (Fsp3) is 0.750. The molecule has 2 aliphatic rings. The van der Waals surface area contributed by atoms with Gasteiger partial charge in [-0.15, -0.1) is 0 Å². The molecule has 1 unspecified atom stereocenters. The predicted octanol–water partition coefficient (Wildman–Crippen LogP) is -0.117. The van der Waals surface area contributed by atoms with Gasteiger partial charge in [0.15, 0.2) is 0 Å². The van der Waals surface area contributed by atoms with E-state index in [4.69, 9.17) is 0 Å². The first kappa shape index (κ1) is 13.9. The third-order valence-corrected chi connectivity index (χ3v) is 4.17. The lowest BCUT2D eigenvalue weighted by atomic mass is 9.99. The zero-order valence-electron chi connectivity index (χ0n) is 11.7. The molecule has 2 aliphatic heterocycles. The molecule has 2 fully saturated rings. The predicted molar refractivity (Wildman–Crippen MR) is 72.5 cm³/mol. The Balaban J connectivity index is 1.58. The Hall–Kier alpha value is -2.03. The Morgan fingerprint density at radius 3 is 3.00 bits per heavy atom. The molecule has 0 aliphatic carbocycles. The van der Waals surface area contributed by atoms with Gasteiger partial charge >= 0.3 is 5.95 Å². The molecule has 1 atom stereocenters. The van der Waals surface area contributed by atoms with Crippen LogP contribution >= 0.6 is 0 Å². The molecule has 0 aromatic carbocycles. The molecule has 9 nitrogen and oxygen atoms in total.